The van der Waals surface area contributed by atoms with Gasteiger partial charge >= 0.3 is 0 Å². The lowest BCUT2D eigenvalue weighted by atomic mass is 9.67. The normalized spacial score (nSPS) is 21.4. The summed E-state index contributed by atoms with van der Waals surface area (Å²) in [5.41, 5.74) is 2.08. The zero-order valence-corrected chi connectivity index (χ0v) is 26.2. The fourth-order valence-corrected chi connectivity index (χ4v) is 7.83. The van der Waals surface area contributed by atoms with E-state index in [0.717, 1.165) is 64.0 Å². The number of aromatic nitrogens is 5. The first-order valence-electron chi connectivity index (χ1n) is 15.8. The van der Waals surface area contributed by atoms with Crippen LogP contribution in [0.4, 0.5) is 10.2 Å². The number of rotatable bonds is 10. The van der Waals surface area contributed by atoms with Crippen LogP contribution in [0.25, 0.3) is 11.1 Å². The minimum atomic E-state index is -0.433. The van der Waals surface area contributed by atoms with E-state index in [-0.39, 0.29) is 23.0 Å². The number of ether oxygens (including phenoxy) is 3. The van der Waals surface area contributed by atoms with Gasteiger partial charge in [-0.25, -0.2) is 19.3 Å². The average Bonchev–Trinajstić information content (AvgIpc) is 3.77. The third-order valence-electron chi connectivity index (χ3n) is 10.2. The molecule has 0 N–H and O–H groups in total. The van der Waals surface area contributed by atoms with Crippen LogP contribution in [0.5, 0.6) is 11.6 Å². The van der Waals surface area contributed by atoms with Gasteiger partial charge in [-0.3, -0.25) is 4.90 Å². The second kappa shape index (κ2) is 11.5. The van der Waals surface area contributed by atoms with Crippen molar-refractivity contribution < 1.29 is 18.6 Å². The molecule has 4 aliphatic rings. The van der Waals surface area contributed by atoms with E-state index in [4.69, 9.17) is 14.2 Å². The van der Waals surface area contributed by atoms with E-state index in [1.807, 2.05) is 6.07 Å². The van der Waals surface area contributed by atoms with Crippen LogP contribution in [0.2, 0.25) is 0 Å². The fourth-order valence-electron chi connectivity index (χ4n) is 7.83. The maximum atomic E-state index is 14.6. The predicted octanol–water partition coefficient (Wildman–Crippen LogP) is 4.94. The molecule has 2 aliphatic carbocycles. The molecule has 7 rings (SSSR count). The van der Waals surface area contributed by atoms with Gasteiger partial charge in [0.15, 0.2) is 11.6 Å². The zero-order chi connectivity index (χ0) is 31.3. The summed E-state index contributed by atoms with van der Waals surface area (Å²) in [6.07, 6.45) is 7.86. The van der Waals surface area contributed by atoms with Crippen molar-refractivity contribution in [3.8, 4) is 28.8 Å². The standard InChI is InChI=1S/C33H39FN8O3/c1-20(2)29(22-12-33(13-22,43-3)44-4)42-17-32(18-42)9-10-41(16-32)30-31(40-38-19-37-30)45-26-8-7-23(34)11-24(26)25-15-36-27(14-35)39-28(25)21-5-6-21/h7-8,11,15,19-22,29H,5-6,9-10,12-13,16-18H2,1-4H3. The van der Waals surface area contributed by atoms with Gasteiger partial charge in [0, 0.05) is 87.9 Å². The van der Waals surface area contributed by atoms with E-state index in [0.29, 0.717) is 40.6 Å². The fraction of sp³-hybridized carbons (Fsp3) is 0.576. The SMILES string of the molecule is COC1(OC)CC(C(C(C)C)N2CC3(CCN(c4ncnnc4Oc4ccc(F)cc4-c4cnc(C#N)nc4C4CC4)C3)C2)C1. The summed E-state index contributed by atoms with van der Waals surface area (Å²) in [5, 5.41) is 17.7. The number of hydrogen-bond acceptors (Lipinski definition) is 11. The quantitative estimate of drug-likeness (QED) is 0.289. The van der Waals surface area contributed by atoms with Crippen LogP contribution in [0, 0.1) is 34.4 Å². The summed E-state index contributed by atoms with van der Waals surface area (Å²) >= 11 is 0. The molecule has 12 heteroatoms. The Morgan fingerprint density at radius 1 is 1.07 bits per heavy atom. The first-order valence-corrected chi connectivity index (χ1v) is 15.8. The molecule has 1 aromatic carbocycles. The Bertz CT molecular complexity index is 1610. The molecular formula is C33H39FN8O3. The maximum Gasteiger partial charge on any atom is 0.282 e. The number of methoxy groups -OCH3 is 2. The van der Waals surface area contributed by atoms with Crippen LogP contribution < -0.4 is 9.64 Å². The molecule has 11 nitrogen and oxygen atoms in total. The minimum Gasteiger partial charge on any atom is -0.434 e. The number of benzene rings is 1. The molecule has 2 aromatic heterocycles. The Morgan fingerprint density at radius 2 is 1.84 bits per heavy atom. The van der Waals surface area contributed by atoms with E-state index in [9.17, 15) is 9.65 Å². The van der Waals surface area contributed by atoms with E-state index in [2.05, 4.69) is 48.8 Å². The number of hydrogen-bond donors (Lipinski definition) is 0. The van der Waals surface area contributed by atoms with Crippen molar-refractivity contribution in [3.63, 3.8) is 0 Å². The van der Waals surface area contributed by atoms with Gasteiger partial charge in [-0.05, 0) is 49.3 Å². The summed E-state index contributed by atoms with van der Waals surface area (Å²) in [5.74, 6) is 1.86. The van der Waals surface area contributed by atoms with Crippen LogP contribution in [0.3, 0.4) is 0 Å². The first-order chi connectivity index (χ1) is 21.8. The Labute approximate surface area is 262 Å². The van der Waals surface area contributed by atoms with Gasteiger partial charge in [0.2, 0.25) is 5.82 Å². The molecule has 4 heterocycles. The highest BCUT2D eigenvalue weighted by atomic mass is 19.1. The van der Waals surface area contributed by atoms with Gasteiger partial charge in [0.25, 0.3) is 5.88 Å². The summed E-state index contributed by atoms with van der Waals surface area (Å²) in [6, 6.07) is 6.86. The van der Waals surface area contributed by atoms with Crippen LogP contribution in [-0.2, 0) is 9.47 Å². The molecule has 1 atom stereocenters. The average molecular weight is 615 g/mol. The molecule has 0 bridgehead atoms. The van der Waals surface area contributed by atoms with Crippen LogP contribution in [0.1, 0.15) is 63.4 Å². The third kappa shape index (κ3) is 5.51. The molecule has 3 aromatic rings. The molecular weight excluding hydrogens is 575 g/mol. The highest BCUT2D eigenvalue weighted by Crippen LogP contribution is 2.51. The molecule has 4 fully saturated rings. The molecule has 0 radical (unpaired) electrons. The van der Waals surface area contributed by atoms with Crippen molar-refractivity contribution in [1.29, 1.82) is 5.26 Å². The van der Waals surface area contributed by atoms with Crippen molar-refractivity contribution >= 4 is 5.82 Å². The number of anilines is 1. The van der Waals surface area contributed by atoms with E-state index in [1.165, 1.54) is 18.5 Å². The number of nitrogens with zero attached hydrogens (tertiary/aromatic N) is 8. The molecule has 2 saturated heterocycles. The molecule has 236 valence electrons. The second-order valence-electron chi connectivity index (χ2n) is 13.5. The topological polar surface area (TPSA) is 122 Å². The second-order valence-corrected chi connectivity index (χ2v) is 13.5. The summed E-state index contributed by atoms with van der Waals surface area (Å²) in [6.45, 7) is 8.38. The van der Waals surface area contributed by atoms with Crippen molar-refractivity contribution in [2.24, 2.45) is 17.3 Å². The Balaban J connectivity index is 1.09. The lowest BCUT2D eigenvalue weighted by molar-refractivity contribution is -0.282. The Hall–Kier alpha value is -3.79. The summed E-state index contributed by atoms with van der Waals surface area (Å²) in [7, 11) is 3.47. The van der Waals surface area contributed by atoms with E-state index < -0.39 is 11.6 Å². The predicted molar refractivity (Wildman–Crippen MR) is 163 cm³/mol. The monoisotopic (exact) mass is 614 g/mol. The number of nitriles is 1. The highest BCUT2D eigenvalue weighted by Gasteiger charge is 2.56. The van der Waals surface area contributed by atoms with Crippen molar-refractivity contribution in [1.82, 2.24) is 30.0 Å². The molecule has 2 aliphatic heterocycles. The third-order valence-corrected chi connectivity index (χ3v) is 10.2. The Kier molecular flexibility index (Phi) is 7.66. The Morgan fingerprint density at radius 3 is 2.53 bits per heavy atom. The van der Waals surface area contributed by atoms with Crippen LogP contribution in [0.15, 0.2) is 30.7 Å². The van der Waals surface area contributed by atoms with Gasteiger partial charge in [-0.2, -0.15) is 5.26 Å². The van der Waals surface area contributed by atoms with Crippen molar-refractivity contribution in [2.75, 3.05) is 45.3 Å². The van der Waals surface area contributed by atoms with E-state index >= 15 is 0 Å². The molecule has 45 heavy (non-hydrogen) atoms. The zero-order valence-electron chi connectivity index (χ0n) is 26.2. The lowest BCUT2D eigenvalue weighted by Gasteiger charge is -2.58. The summed E-state index contributed by atoms with van der Waals surface area (Å²) in [4.78, 5) is 18.1. The number of halogens is 1. The van der Waals surface area contributed by atoms with E-state index in [1.54, 1.807) is 26.5 Å². The molecule has 2 saturated carbocycles. The minimum absolute atomic E-state index is 0.0999. The smallest absolute Gasteiger partial charge is 0.282 e. The van der Waals surface area contributed by atoms with Crippen molar-refractivity contribution in [3.05, 3.63) is 48.1 Å². The summed E-state index contributed by atoms with van der Waals surface area (Å²) < 4.78 is 32.3. The number of likely N-dealkylation sites (tertiary alicyclic amines) is 1. The van der Waals surface area contributed by atoms with Gasteiger partial charge in [-0.15, -0.1) is 10.2 Å². The first kappa shape index (κ1) is 29.9. The molecule has 1 unspecified atom stereocenters. The van der Waals surface area contributed by atoms with Gasteiger partial charge in [-0.1, -0.05) is 13.8 Å². The van der Waals surface area contributed by atoms with Gasteiger partial charge in [0.05, 0.1) is 5.69 Å². The molecule has 1 spiro atoms. The van der Waals surface area contributed by atoms with Crippen molar-refractivity contribution in [2.45, 2.75) is 63.7 Å². The lowest BCUT2D eigenvalue weighted by Crippen LogP contribution is -2.66. The van der Waals surface area contributed by atoms with Crippen LogP contribution in [-0.4, -0.2) is 82.3 Å². The highest BCUT2D eigenvalue weighted by molar-refractivity contribution is 5.73. The van der Waals surface area contributed by atoms with Gasteiger partial charge < -0.3 is 19.1 Å². The maximum absolute atomic E-state index is 14.6. The molecule has 0 amide bonds. The largest absolute Gasteiger partial charge is 0.434 e. The van der Waals surface area contributed by atoms with Crippen LogP contribution >= 0.6 is 0 Å². The van der Waals surface area contributed by atoms with Gasteiger partial charge in [0.1, 0.15) is 24.0 Å².